The van der Waals surface area contributed by atoms with Crippen molar-refractivity contribution in [2.24, 2.45) is 5.41 Å². The first kappa shape index (κ1) is 17.6. The third-order valence-electron chi connectivity index (χ3n) is 3.77. The normalized spacial score (nSPS) is 27.9. The number of carbonyl (C=O) groups excluding carboxylic acids is 2. The Labute approximate surface area is 136 Å². The molecular weight excluding hydrogens is 324 g/mol. The summed E-state index contributed by atoms with van der Waals surface area (Å²) >= 11 is 1.56. The molecule has 0 saturated carbocycles. The van der Waals surface area contributed by atoms with E-state index >= 15 is 0 Å². The van der Waals surface area contributed by atoms with Gasteiger partial charge in [-0.2, -0.15) is 0 Å². The fourth-order valence-corrected chi connectivity index (χ4v) is 5.52. The first-order chi connectivity index (χ1) is 10.1. The molecule has 2 heterocycles. The minimum atomic E-state index is -3.02. The van der Waals surface area contributed by atoms with Gasteiger partial charge in [0.2, 0.25) is 11.8 Å². The van der Waals surface area contributed by atoms with Crippen LogP contribution in [0.2, 0.25) is 0 Å². The second-order valence-corrected chi connectivity index (χ2v) is 10.5. The molecule has 2 rings (SSSR count). The van der Waals surface area contributed by atoms with Crippen LogP contribution in [-0.2, 0) is 19.4 Å². The van der Waals surface area contributed by atoms with Crippen LogP contribution in [0.25, 0.3) is 0 Å². The maximum Gasteiger partial charge on any atom is 0.243 e. The molecule has 22 heavy (non-hydrogen) atoms. The summed E-state index contributed by atoms with van der Waals surface area (Å²) in [6, 6.07) is -0.800. The Morgan fingerprint density at radius 2 is 2.00 bits per heavy atom. The van der Waals surface area contributed by atoms with E-state index in [9.17, 15) is 18.0 Å². The molecule has 2 saturated heterocycles. The molecule has 0 aromatic heterocycles. The molecule has 2 amide bonds. The lowest BCUT2D eigenvalue weighted by molar-refractivity contribution is -0.139. The zero-order valence-electron chi connectivity index (χ0n) is 13.3. The molecule has 0 bridgehead atoms. The summed E-state index contributed by atoms with van der Waals surface area (Å²) in [5, 5.41) is 2.80. The lowest BCUT2D eigenvalue weighted by Crippen LogP contribution is -2.50. The van der Waals surface area contributed by atoms with Crippen LogP contribution in [0.3, 0.4) is 0 Å². The van der Waals surface area contributed by atoms with Crippen molar-refractivity contribution in [3.05, 3.63) is 0 Å². The monoisotopic (exact) mass is 348 g/mol. The zero-order valence-corrected chi connectivity index (χ0v) is 14.9. The van der Waals surface area contributed by atoms with Gasteiger partial charge in [0.05, 0.1) is 17.4 Å². The molecule has 2 aliphatic heterocycles. The zero-order chi connectivity index (χ0) is 16.5. The van der Waals surface area contributed by atoms with Crippen LogP contribution in [0.1, 0.15) is 33.6 Å². The molecule has 0 spiro atoms. The SMILES string of the molecule is CC(C)(C)CC(=O)N1CSC[C@H]1C(=O)N[C@@H]1CCS(=O)(=O)C1. The largest absolute Gasteiger partial charge is 0.350 e. The number of hydrogen-bond donors (Lipinski definition) is 1. The van der Waals surface area contributed by atoms with Crippen molar-refractivity contribution in [2.45, 2.75) is 45.7 Å². The molecule has 0 aromatic rings. The fourth-order valence-electron chi connectivity index (χ4n) is 2.67. The smallest absolute Gasteiger partial charge is 0.243 e. The molecule has 0 unspecified atom stereocenters. The van der Waals surface area contributed by atoms with Crippen molar-refractivity contribution in [3.8, 4) is 0 Å². The highest BCUT2D eigenvalue weighted by Crippen LogP contribution is 2.26. The van der Waals surface area contributed by atoms with Crippen molar-refractivity contribution in [2.75, 3.05) is 23.1 Å². The molecule has 6 nitrogen and oxygen atoms in total. The molecule has 8 heteroatoms. The molecule has 0 aliphatic carbocycles. The summed E-state index contributed by atoms with van der Waals surface area (Å²) in [5.74, 6) is 0.987. The van der Waals surface area contributed by atoms with Crippen molar-refractivity contribution >= 4 is 33.4 Å². The van der Waals surface area contributed by atoms with Gasteiger partial charge in [0.1, 0.15) is 6.04 Å². The van der Waals surface area contributed by atoms with Gasteiger partial charge in [-0.15, -0.1) is 11.8 Å². The topological polar surface area (TPSA) is 83.6 Å². The van der Waals surface area contributed by atoms with Gasteiger partial charge in [0, 0.05) is 18.2 Å². The lowest BCUT2D eigenvalue weighted by Gasteiger charge is -2.27. The summed E-state index contributed by atoms with van der Waals surface area (Å²) in [6.07, 6.45) is 0.860. The molecular formula is C14H24N2O4S2. The lowest BCUT2D eigenvalue weighted by atomic mass is 9.91. The highest BCUT2D eigenvalue weighted by Gasteiger charge is 2.38. The van der Waals surface area contributed by atoms with Gasteiger partial charge in [-0.3, -0.25) is 9.59 Å². The van der Waals surface area contributed by atoms with Crippen LogP contribution in [-0.4, -0.2) is 60.4 Å². The first-order valence-electron chi connectivity index (χ1n) is 7.45. The second-order valence-electron chi connectivity index (χ2n) is 7.23. The van der Waals surface area contributed by atoms with Crippen molar-refractivity contribution < 1.29 is 18.0 Å². The van der Waals surface area contributed by atoms with E-state index in [1.807, 2.05) is 20.8 Å². The molecule has 0 aromatic carbocycles. The molecule has 2 atom stereocenters. The van der Waals surface area contributed by atoms with Gasteiger partial charge in [-0.1, -0.05) is 20.8 Å². The summed E-state index contributed by atoms with van der Waals surface area (Å²) in [4.78, 5) is 26.4. The van der Waals surface area contributed by atoms with Crippen LogP contribution in [0.5, 0.6) is 0 Å². The van der Waals surface area contributed by atoms with Crippen LogP contribution in [0.4, 0.5) is 0 Å². The predicted molar refractivity (Wildman–Crippen MR) is 87.2 cm³/mol. The van der Waals surface area contributed by atoms with E-state index < -0.39 is 15.9 Å². The van der Waals surface area contributed by atoms with E-state index in [0.29, 0.717) is 24.5 Å². The van der Waals surface area contributed by atoms with E-state index in [2.05, 4.69) is 5.32 Å². The van der Waals surface area contributed by atoms with Gasteiger partial charge in [0.15, 0.2) is 9.84 Å². The Bertz CT molecular complexity index is 554. The van der Waals surface area contributed by atoms with Crippen LogP contribution in [0.15, 0.2) is 0 Å². The summed E-state index contributed by atoms with van der Waals surface area (Å²) < 4.78 is 22.9. The van der Waals surface area contributed by atoms with Gasteiger partial charge in [-0.25, -0.2) is 8.42 Å². The first-order valence-corrected chi connectivity index (χ1v) is 10.4. The maximum absolute atomic E-state index is 12.4. The predicted octanol–water partition coefficient (Wildman–Crippen LogP) is 0.627. The minimum Gasteiger partial charge on any atom is -0.350 e. The van der Waals surface area contributed by atoms with Gasteiger partial charge in [-0.05, 0) is 11.8 Å². The van der Waals surface area contributed by atoms with E-state index in [0.717, 1.165) is 0 Å². The van der Waals surface area contributed by atoms with Crippen LogP contribution in [0, 0.1) is 5.41 Å². The minimum absolute atomic E-state index is 0.00847. The number of nitrogens with zero attached hydrogens (tertiary/aromatic N) is 1. The maximum atomic E-state index is 12.4. The number of hydrogen-bond acceptors (Lipinski definition) is 5. The van der Waals surface area contributed by atoms with E-state index in [1.165, 1.54) is 0 Å². The average molecular weight is 348 g/mol. The van der Waals surface area contributed by atoms with Crippen molar-refractivity contribution in [1.82, 2.24) is 10.2 Å². The van der Waals surface area contributed by atoms with E-state index in [1.54, 1.807) is 16.7 Å². The van der Waals surface area contributed by atoms with Crippen LogP contribution >= 0.6 is 11.8 Å². The Kier molecular flexibility index (Phi) is 5.11. The summed E-state index contributed by atoms with van der Waals surface area (Å²) in [5.41, 5.74) is -0.120. The quantitative estimate of drug-likeness (QED) is 0.809. The fraction of sp³-hybridized carbons (Fsp3) is 0.857. The van der Waals surface area contributed by atoms with Crippen LogP contribution < -0.4 is 5.32 Å². The van der Waals surface area contributed by atoms with Crippen molar-refractivity contribution in [3.63, 3.8) is 0 Å². The number of nitrogens with one attached hydrogen (secondary N) is 1. The molecule has 0 radical (unpaired) electrons. The number of thioether (sulfide) groups is 1. The highest BCUT2D eigenvalue weighted by molar-refractivity contribution is 7.99. The highest BCUT2D eigenvalue weighted by atomic mass is 32.2. The number of rotatable bonds is 3. The molecule has 1 N–H and O–H groups in total. The standard InChI is InChI=1S/C14H24N2O4S2/c1-14(2,3)6-12(17)16-9-21-7-11(16)13(18)15-10-4-5-22(19,20)8-10/h10-11H,4-9H2,1-3H3,(H,15,18)/t10-,11+/m1/s1. The third kappa shape index (κ3) is 4.62. The Morgan fingerprint density at radius 1 is 1.32 bits per heavy atom. The third-order valence-corrected chi connectivity index (χ3v) is 6.55. The summed E-state index contributed by atoms with van der Waals surface area (Å²) in [7, 11) is -3.02. The molecule has 2 fully saturated rings. The second kappa shape index (κ2) is 6.39. The molecule has 126 valence electrons. The molecule has 2 aliphatic rings. The average Bonchev–Trinajstić information content (AvgIpc) is 2.93. The van der Waals surface area contributed by atoms with Crippen molar-refractivity contribution in [1.29, 1.82) is 0 Å². The van der Waals surface area contributed by atoms with Gasteiger partial charge in [0.25, 0.3) is 0 Å². The summed E-state index contributed by atoms with van der Waals surface area (Å²) in [6.45, 7) is 5.98. The van der Waals surface area contributed by atoms with Gasteiger partial charge < -0.3 is 10.2 Å². The number of carbonyl (C=O) groups is 2. The number of amides is 2. The Balaban J connectivity index is 1.95. The van der Waals surface area contributed by atoms with E-state index in [4.69, 9.17) is 0 Å². The van der Waals surface area contributed by atoms with Gasteiger partial charge >= 0.3 is 0 Å². The Hall–Kier alpha value is -0.760. The van der Waals surface area contributed by atoms with E-state index in [-0.39, 0.29) is 34.8 Å². The number of sulfone groups is 1. The Morgan fingerprint density at radius 3 is 2.55 bits per heavy atom.